The molecule has 1 aromatic carbocycles. The molecule has 0 unspecified atom stereocenters. The van der Waals surface area contributed by atoms with Gasteiger partial charge in [0.1, 0.15) is 0 Å². The second-order valence-electron chi connectivity index (χ2n) is 5.47. The minimum absolute atomic E-state index is 0.0573. The number of rotatable bonds is 4. The topological polar surface area (TPSA) is 57.6 Å². The van der Waals surface area contributed by atoms with Gasteiger partial charge in [0.2, 0.25) is 5.91 Å². The molecule has 0 aliphatic heterocycles. The van der Waals surface area contributed by atoms with Crippen molar-refractivity contribution in [3.63, 3.8) is 0 Å². The highest BCUT2D eigenvalue weighted by Gasteiger charge is 2.35. The molecule has 0 saturated heterocycles. The zero-order valence-corrected chi connectivity index (χ0v) is 12.0. The van der Waals surface area contributed by atoms with Gasteiger partial charge in [0.05, 0.1) is 5.92 Å². The lowest BCUT2D eigenvalue weighted by Gasteiger charge is -2.24. The van der Waals surface area contributed by atoms with Crippen LogP contribution in [0, 0.1) is 18.8 Å². The molecule has 4 nitrogen and oxygen atoms in total. The smallest absolute Gasteiger partial charge is 0.306 e. The average Bonchev–Trinajstić information content (AvgIpc) is 2.89. The molecule has 0 radical (unpaired) electrons. The summed E-state index contributed by atoms with van der Waals surface area (Å²) in [6.07, 6.45) is 1.76. The lowest BCUT2D eigenvalue weighted by molar-refractivity contribution is -0.141. The Bertz CT molecular complexity index is 512. The number of nitrogens with zero attached hydrogens (tertiary/aromatic N) is 1. The maximum atomic E-state index is 12.6. The van der Waals surface area contributed by atoms with Crippen molar-refractivity contribution in [3.8, 4) is 0 Å². The molecule has 0 spiro atoms. The zero-order valence-electron chi connectivity index (χ0n) is 12.0. The first-order chi connectivity index (χ1) is 9.52. The van der Waals surface area contributed by atoms with Gasteiger partial charge in [-0.3, -0.25) is 9.59 Å². The van der Waals surface area contributed by atoms with Crippen LogP contribution in [0.15, 0.2) is 24.3 Å². The van der Waals surface area contributed by atoms with Gasteiger partial charge in [0.25, 0.3) is 0 Å². The molecule has 1 aliphatic carbocycles. The lowest BCUT2D eigenvalue weighted by Crippen LogP contribution is -2.35. The predicted octanol–water partition coefficient (Wildman–Crippen LogP) is 2.85. The van der Waals surface area contributed by atoms with Gasteiger partial charge in [-0.05, 0) is 50.8 Å². The maximum Gasteiger partial charge on any atom is 0.306 e. The van der Waals surface area contributed by atoms with Crippen LogP contribution in [-0.2, 0) is 9.59 Å². The van der Waals surface area contributed by atoms with E-state index in [9.17, 15) is 9.59 Å². The van der Waals surface area contributed by atoms with Gasteiger partial charge in [-0.15, -0.1) is 0 Å². The van der Waals surface area contributed by atoms with Gasteiger partial charge in [-0.2, -0.15) is 0 Å². The highest BCUT2D eigenvalue weighted by Crippen LogP contribution is 2.33. The Morgan fingerprint density at radius 2 is 2.00 bits per heavy atom. The third kappa shape index (κ3) is 3.00. The minimum Gasteiger partial charge on any atom is -0.481 e. The van der Waals surface area contributed by atoms with Crippen LogP contribution in [0.25, 0.3) is 0 Å². The van der Waals surface area contributed by atoms with Crippen LogP contribution >= 0.6 is 0 Å². The average molecular weight is 275 g/mol. The summed E-state index contributed by atoms with van der Waals surface area (Å²) in [6.45, 7) is 4.55. The molecule has 0 aromatic heterocycles. The standard InChI is InChI=1S/C16H21NO3/c1-3-17(14-6-4-5-11(2)9-14)15(18)12-7-8-13(10-12)16(19)20/h4-6,9,12-13H,3,7-8,10H2,1-2H3,(H,19,20)/t12-,13+/m1/s1. The molecule has 1 amide bonds. The van der Waals surface area contributed by atoms with Crippen LogP contribution in [0.5, 0.6) is 0 Å². The van der Waals surface area contributed by atoms with Crippen molar-refractivity contribution in [2.24, 2.45) is 11.8 Å². The number of aryl methyl sites for hydroxylation is 1. The van der Waals surface area contributed by atoms with Crippen molar-refractivity contribution in [1.29, 1.82) is 0 Å². The van der Waals surface area contributed by atoms with Gasteiger partial charge in [0.15, 0.2) is 0 Å². The minimum atomic E-state index is -0.779. The van der Waals surface area contributed by atoms with E-state index in [1.807, 2.05) is 38.1 Å². The Balaban J connectivity index is 2.12. The van der Waals surface area contributed by atoms with Crippen molar-refractivity contribution in [3.05, 3.63) is 29.8 Å². The zero-order chi connectivity index (χ0) is 14.7. The third-order valence-electron chi connectivity index (χ3n) is 4.03. The highest BCUT2D eigenvalue weighted by molar-refractivity contribution is 5.95. The molecular weight excluding hydrogens is 254 g/mol. The molecule has 1 aromatic rings. The second kappa shape index (κ2) is 6.07. The fourth-order valence-electron chi connectivity index (χ4n) is 2.91. The van der Waals surface area contributed by atoms with Crippen molar-refractivity contribution in [1.82, 2.24) is 0 Å². The Morgan fingerprint density at radius 3 is 2.55 bits per heavy atom. The SMILES string of the molecule is CCN(C(=O)[C@@H]1CC[C@H](C(=O)O)C1)c1cccc(C)c1. The van der Waals surface area contributed by atoms with Crippen LogP contribution in [0.1, 0.15) is 31.7 Å². The molecule has 108 valence electrons. The number of carbonyl (C=O) groups is 2. The Hall–Kier alpha value is -1.84. The molecule has 1 fully saturated rings. The van der Waals surface area contributed by atoms with E-state index in [1.165, 1.54) is 0 Å². The number of benzene rings is 1. The van der Waals surface area contributed by atoms with Crippen LogP contribution < -0.4 is 4.90 Å². The largest absolute Gasteiger partial charge is 0.481 e. The molecule has 2 atom stereocenters. The highest BCUT2D eigenvalue weighted by atomic mass is 16.4. The monoisotopic (exact) mass is 275 g/mol. The summed E-state index contributed by atoms with van der Waals surface area (Å²) in [7, 11) is 0. The maximum absolute atomic E-state index is 12.6. The summed E-state index contributed by atoms with van der Waals surface area (Å²) < 4.78 is 0. The lowest BCUT2D eigenvalue weighted by atomic mass is 10.0. The van der Waals surface area contributed by atoms with Crippen molar-refractivity contribution < 1.29 is 14.7 Å². The first-order valence-corrected chi connectivity index (χ1v) is 7.13. The number of hydrogen-bond acceptors (Lipinski definition) is 2. The first-order valence-electron chi connectivity index (χ1n) is 7.13. The van der Waals surface area contributed by atoms with Crippen LogP contribution in [0.3, 0.4) is 0 Å². The van der Waals surface area contributed by atoms with E-state index in [2.05, 4.69) is 0 Å². The molecular formula is C16H21NO3. The Morgan fingerprint density at radius 1 is 1.30 bits per heavy atom. The second-order valence-corrected chi connectivity index (χ2v) is 5.47. The summed E-state index contributed by atoms with van der Waals surface area (Å²) in [6, 6.07) is 7.86. The van der Waals surface area contributed by atoms with Gasteiger partial charge in [-0.25, -0.2) is 0 Å². The molecule has 0 heterocycles. The van der Waals surface area contributed by atoms with E-state index in [0.29, 0.717) is 25.8 Å². The predicted molar refractivity (Wildman–Crippen MR) is 77.7 cm³/mol. The number of hydrogen-bond donors (Lipinski definition) is 1. The van der Waals surface area contributed by atoms with E-state index in [4.69, 9.17) is 5.11 Å². The number of carboxylic acid groups (broad SMARTS) is 1. The number of anilines is 1. The van der Waals surface area contributed by atoms with E-state index in [-0.39, 0.29) is 17.7 Å². The Kier molecular flexibility index (Phi) is 4.42. The molecule has 20 heavy (non-hydrogen) atoms. The third-order valence-corrected chi connectivity index (χ3v) is 4.03. The van der Waals surface area contributed by atoms with Crippen molar-refractivity contribution >= 4 is 17.6 Å². The van der Waals surface area contributed by atoms with Crippen LogP contribution in [0.2, 0.25) is 0 Å². The van der Waals surface area contributed by atoms with Gasteiger partial charge in [-0.1, -0.05) is 12.1 Å². The quantitative estimate of drug-likeness (QED) is 0.919. The number of carboxylic acids is 1. The fourth-order valence-corrected chi connectivity index (χ4v) is 2.91. The molecule has 2 rings (SSSR count). The molecule has 1 saturated carbocycles. The summed E-state index contributed by atoms with van der Waals surface area (Å²) in [5, 5.41) is 9.04. The number of amides is 1. The van der Waals surface area contributed by atoms with Gasteiger partial charge >= 0.3 is 5.97 Å². The van der Waals surface area contributed by atoms with Crippen LogP contribution in [0.4, 0.5) is 5.69 Å². The summed E-state index contributed by atoms with van der Waals surface area (Å²) >= 11 is 0. The molecule has 0 bridgehead atoms. The molecule has 4 heteroatoms. The van der Waals surface area contributed by atoms with Crippen molar-refractivity contribution in [2.75, 3.05) is 11.4 Å². The van der Waals surface area contributed by atoms with E-state index in [1.54, 1.807) is 4.90 Å². The number of carbonyl (C=O) groups excluding carboxylic acids is 1. The normalized spacial score (nSPS) is 21.7. The molecule has 1 aliphatic rings. The van der Waals surface area contributed by atoms with Crippen molar-refractivity contribution in [2.45, 2.75) is 33.1 Å². The van der Waals surface area contributed by atoms with E-state index >= 15 is 0 Å². The van der Waals surface area contributed by atoms with Gasteiger partial charge < -0.3 is 10.0 Å². The Labute approximate surface area is 119 Å². The fraction of sp³-hybridized carbons (Fsp3) is 0.500. The summed E-state index contributed by atoms with van der Waals surface area (Å²) in [5.41, 5.74) is 2.01. The summed E-state index contributed by atoms with van der Waals surface area (Å²) in [4.78, 5) is 25.4. The molecule has 1 N–H and O–H groups in total. The van der Waals surface area contributed by atoms with E-state index < -0.39 is 5.97 Å². The van der Waals surface area contributed by atoms with Crippen LogP contribution in [-0.4, -0.2) is 23.5 Å². The number of aliphatic carboxylic acids is 1. The van der Waals surface area contributed by atoms with E-state index in [0.717, 1.165) is 11.3 Å². The van der Waals surface area contributed by atoms with Gasteiger partial charge in [0, 0.05) is 18.2 Å². The summed E-state index contributed by atoms with van der Waals surface area (Å²) in [5.74, 6) is -1.24. The first kappa shape index (κ1) is 14.6.